The quantitative estimate of drug-likeness (QED) is 0.926. The van der Waals surface area contributed by atoms with Gasteiger partial charge in [-0.2, -0.15) is 10.1 Å². The summed E-state index contributed by atoms with van der Waals surface area (Å²) < 4.78 is 2.14. The molecule has 0 radical (unpaired) electrons. The molecule has 1 aromatic heterocycles. The van der Waals surface area contributed by atoms with Crippen molar-refractivity contribution in [2.24, 2.45) is 7.05 Å². The third-order valence-corrected chi connectivity index (χ3v) is 3.04. The van der Waals surface area contributed by atoms with Gasteiger partial charge in [0.1, 0.15) is 6.33 Å². The average molecular weight is 316 g/mol. The third kappa shape index (κ3) is 2.65. The number of amides is 1. The van der Waals surface area contributed by atoms with Gasteiger partial charge in [0.15, 0.2) is 0 Å². The van der Waals surface area contributed by atoms with E-state index in [1.54, 1.807) is 25.2 Å². The fourth-order valence-electron chi connectivity index (χ4n) is 1.25. The van der Waals surface area contributed by atoms with E-state index in [1.807, 2.05) is 0 Å². The van der Waals surface area contributed by atoms with Gasteiger partial charge in [-0.1, -0.05) is 11.6 Å². The number of aryl methyl sites for hydroxylation is 1. The molecule has 7 heteroatoms. The van der Waals surface area contributed by atoms with E-state index in [1.165, 1.54) is 11.0 Å². The van der Waals surface area contributed by atoms with E-state index in [0.717, 1.165) is 0 Å². The Bertz CT molecular complexity index is 569. The second-order valence-corrected chi connectivity index (χ2v) is 4.58. The first-order valence-corrected chi connectivity index (χ1v) is 5.85. The van der Waals surface area contributed by atoms with Crippen LogP contribution in [0.4, 0.5) is 5.95 Å². The smallest absolute Gasteiger partial charge is 0.259 e. The lowest BCUT2D eigenvalue weighted by Gasteiger charge is -2.06. The molecule has 1 amide bonds. The molecule has 0 atom stereocenters. The zero-order valence-corrected chi connectivity index (χ0v) is 11.2. The Morgan fingerprint density at radius 2 is 2.29 bits per heavy atom. The summed E-state index contributed by atoms with van der Waals surface area (Å²) in [6, 6.07) is 5.00. The van der Waals surface area contributed by atoms with Gasteiger partial charge in [-0.05, 0) is 34.1 Å². The summed E-state index contributed by atoms with van der Waals surface area (Å²) in [6.45, 7) is 0. The summed E-state index contributed by atoms with van der Waals surface area (Å²) in [5.41, 5.74) is 0.445. The van der Waals surface area contributed by atoms with E-state index in [9.17, 15) is 4.79 Å². The molecule has 0 aliphatic heterocycles. The Kier molecular flexibility index (Phi) is 3.44. The summed E-state index contributed by atoms with van der Waals surface area (Å²) in [5, 5.41) is 6.99. The van der Waals surface area contributed by atoms with Crippen LogP contribution >= 0.6 is 27.5 Å². The van der Waals surface area contributed by atoms with Crippen molar-refractivity contribution in [3.63, 3.8) is 0 Å². The second kappa shape index (κ2) is 4.85. The van der Waals surface area contributed by atoms with Crippen LogP contribution in [0.5, 0.6) is 0 Å². The number of anilines is 1. The minimum atomic E-state index is -0.296. The molecule has 0 fully saturated rings. The molecule has 1 aromatic carbocycles. The number of hydrogen-bond acceptors (Lipinski definition) is 3. The van der Waals surface area contributed by atoms with Crippen LogP contribution in [0.25, 0.3) is 0 Å². The molecule has 0 aliphatic rings. The van der Waals surface area contributed by atoms with Gasteiger partial charge < -0.3 is 0 Å². The van der Waals surface area contributed by atoms with Gasteiger partial charge in [-0.3, -0.25) is 10.1 Å². The molecular formula is C10H8BrClN4O. The maximum Gasteiger partial charge on any atom is 0.259 e. The minimum absolute atomic E-state index is 0.296. The van der Waals surface area contributed by atoms with E-state index in [2.05, 4.69) is 31.3 Å². The summed E-state index contributed by atoms with van der Waals surface area (Å²) in [4.78, 5) is 15.9. The van der Waals surface area contributed by atoms with E-state index in [-0.39, 0.29) is 5.91 Å². The molecule has 88 valence electrons. The monoisotopic (exact) mass is 314 g/mol. The molecule has 0 spiro atoms. The molecule has 17 heavy (non-hydrogen) atoms. The van der Waals surface area contributed by atoms with Crippen molar-refractivity contribution in [2.45, 2.75) is 0 Å². The van der Waals surface area contributed by atoms with Crippen LogP contribution in [0.3, 0.4) is 0 Å². The van der Waals surface area contributed by atoms with Gasteiger partial charge in [0.25, 0.3) is 5.91 Å². The van der Waals surface area contributed by atoms with Crippen molar-refractivity contribution in [1.29, 1.82) is 0 Å². The number of carbonyl (C=O) groups excluding carboxylic acids is 1. The molecule has 1 N–H and O–H groups in total. The SMILES string of the molecule is Cn1ncnc1NC(=O)c1cc(Cl)ccc1Br. The zero-order valence-electron chi connectivity index (χ0n) is 8.82. The van der Waals surface area contributed by atoms with E-state index >= 15 is 0 Å². The van der Waals surface area contributed by atoms with Gasteiger partial charge >= 0.3 is 0 Å². The predicted octanol–water partition coefficient (Wildman–Crippen LogP) is 2.48. The first kappa shape index (κ1) is 12.1. The molecule has 1 heterocycles. The summed E-state index contributed by atoms with van der Waals surface area (Å²) in [6.07, 6.45) is 1.36. The first-order chi connectivity index (χ1) is 8.08. The molecule has 0 saturated heterocycles. The predicted molar refractivity (Wildman–Crippen MR) is 68.1 cm³/mol. The van der Waals surface area contributed by atoms with Gasteiger partial charge in [0, 0.05) is 16.5 Å². The largest absolute Gasteiger partial charge is 0.291 e. The molecule has 0 aliphatic carbocycles. The van der Waals surface area contributed by atoms with Crippen molar-refractivity contribution in [1.82, 2.24) is 14.8 Å². The van der Waals surface area contributed by atoms with Crippen LogP contribution in [0, 0.1) is 0 Å². The van der Waals surface area contributed by atoms with E-state index < -0.39 is 0 Å². The van der Waals surface area contributed by atoms with Crippen molar-refractivity contribution < 1.29 is 4.79 Å². The van der Waals surface area contributed by atoms with Crippen molar-refractivity contribution in [3.8, 4) is 0 Å². The summed E-state index contributed by atoms with van der Waals surface area (Å²) >= 11 is 9.13. The van der Waals surface area contributed by atoms with Crippen LogP contribution in [0.2, 0.25) is 5.02 Å². The zero-order chi connectivity index (χ0) is 12.4. The van der Waals surface area contributed by atoms with E-state index in [0.29, 0.717) is 21.0 Å². The Morgan fingerprint density at radius 3 is 2.94 bits per heavy atom. The summed E-state index contributed by atoms with van der Waals surface area (Å²) in [7, 11) is 1.69. The average Bonchev–Trinajstić information content (AvgIpc) is 2.68. The lowest BCUT2D eigenvalue weighted by molar-refractivity contribution is 0.102. The number of carbonyl (C=O) groups is 1. The molecule has 2 rings (SSSR count). The Hall–Kier alpha value is -1.40. The van der Waals surface area contributed by atoms with Gasteiger partial charge in [0.05, 0.1) is 5.56 Å². The van der Waals surface area contributed by atoms with Crippen molar-refractivity contribution >= 4 is 39.4 Å². The number of halogens is 2. The number of nitrogens with zero attached hydrogens (tertiary/aromatic N) is 3. The second-order valence-electron chi connectivity index (χ2n) is 3.29. The molecule has 0 bridgehead atoms. The number of hydrogen-bond donors (Lipinski definition) is 1. The Morgan fingerprint density at radius 1 is 1.53 bits per heavy atom. The maximum atomic E-state index is 12.0. The Labute approximate surface area is 111 Å². The molecular weight excluding hydrogens is 307 g/mol. The van der Waals surface area contributed by atoms with Crippen LogP contribution in [-0.4, -0.2) is 20.7 Å². The molecule has 2 aromatic rings. The van der Waals surface area contributed by atoms with Gasteiger partial charge in [0.2, 0.25) is 5.95 Å². The van der Waals surface area contributed by atoms with Crippen LogP contribution < -0.4 is 5.32 Å². The van der Waals surface area contributed by atoms with Gasteiger partial charge in [-0.25, -0.2) is 4.68 Å². The minimum Gasteiger partial charge on any atom is -0.291 e. The van der Waals surface area contributed by atoms with Crippen LogP contribution in [0.15, 0.2) is 29.0 Å². The first-order valence-electron chi connectivity index (χ1n) is 4.68. The van der Waals surface area contributed by atoms with Crippen LogP contribution in [0.1, 0.15) is 10.4 Å². The number of rotatable bonds is 2. The topological polar surface area (TPSA) is 59.8 Å². The lowest BCUT2D eigenvalue weighted by atomic mass is 10.2. The maximum absolute atomic E-state index is 12.0. The fourth-order valence-corrected chi connectivity index (χ4v) is 1.85. The van der Waals surface area contributed by atoms with Crippen molar-refractivity contribution in [2.75, 3.05) is 5.32 Å². The lowest BCUT2D eigenvalue weighted by Crippen LogP contribution is -2.15. The molecule has 0 saturated carbocycles. The molecule has 5 nitrogen and oxygen atoms in total. The standard InChI is InChI=1S/C10H8BrClN4O/c1-16-10(13-5-14-16)15-9(17)7-4-6(12)2-3-8(7)11/h2-5H,1H3,(H,13,14,15,17). The highest BCUT2D eigenvalue weighted by atomic mass is 79.9. The number of aromatic nitrogens is 3. The van der Waals surface area contributed by atoms with Crippen molar-refractivity contribution in [3.05, 3.63) is 39.6 Å². The highest BCUT2D eigenvalue weighted by molar-refractivity contribution is 9.10. The normalized spacial score (nSPS) is 10.3. The third-order valence-electron chi connectivity index (χ3n) is 2.11. The van der Waals surface area contributed by atoms with Gasteiger partial charge in [-0.15, -0.1) is 0 Å². The van der Waals surface area contributed by atoms with E-state index in [4.69, 9.17) is 11.6 Å². The number of nitrogens with one attached hydrogen (secondary N) is 1. The highest BCUT2D eigenvalue weighted by Gasteiger charge is 2.13. The van der Waals surface area contributed by atoms with Crippen LogP contribution in [-0.2, 0) is 7.05 Å². The highest BCUT2D eigenvalue weighted by Crippen LogP contribution is 2.21. The Balaban J connectivity index is 2.26. The fraction of sp³-hybridized carbons (Fsp3) is 0.100. The molecule has 0 unspecified atom stereocenters. The summed E-state index contributed by atoms with van der Waals surface area (Å²) in [5.74, 6) is 0.0809. The number of benzene rings is 1.